The van der Waals surface area contributed by atoms with Crippen LogP contribution in [0.1, 0.15) is 49.2 Å². The molecule has 0 atom stereocenters. The third-order valence-corrected chi connectivity index (χ3v) is 9.05. The third-order valence-electron chi connectivity index (χ3n) is 8.48. The maximum atomic E-state index is 14.0. The quantitative estimate of drug-likeness (QED) is 0.0472. The number of ether oxygens (including phenoxy) is 4. The number of phenols is 1. The Hall–Kier alpha value is -5.62. The van der Waals surface area contributed by atoms with Gasteiger partial charge in [0.25, 0.3) is 0 Å². The number of nitrogen functional groups attached to an aromatic ring is 2. The van der Waals surface area contributed by atoms with Gasteiger partial charge in [0.2, 0.25) is 5.43 Å². The fourth-order valence-corrected chi connectivity index (χ4v) is 6.63. The minimum absolute atomic E-state index is 0.0263. The van der Waals surface area contributed by atoms with Crippen molar-refractivity contribution < 1.29 is 57.6 Å². The molecule has 0 amide bonds. The van der Waals surface area contributed by atoms with Gasteiger partial charge in [-0.05, 0) is 51.5 Å². The number of nitrogens with zero attached hydrogens (tertiary/aromatic N) is 2. The van der Waals surface area contributed by atoms with E-state index in [1.807, 2.05) is 0 Å². The summed E-state index contributed by atoms with van der Waals surface area (Å²) in [6, 6.07) is 5.28. The van der Waals surface area contributed by atoms with E-state index in [0.717, 1.165) is 0 Å². The second-order valence-electron chi connectivity index (χ2n) is 12.4. The number of halogens is 2. The number of aromatic hydroxyl groups is 1. The van der Waals surface area contributed by atoms with Gasteiger partial charge in [0.15, 0.2) is 0 Å². The molecule has 2 aliphatic rings. The van der Waals surface area contributed by atoms with E-state index in [4.69, 9.17) is 58.0 Å². The molecule has 306 valence electrons. The van der Waals surface area contributed by atoms with Gasteiger partial charge in [0.1, 0.15) is 17.1 Å². The molecular weight excluding hydrogens is 791 g/mol. The fraction of sp³-hybridized carbons (Fsp3) is 0.368. The highest BCUT2D eigenvalue weighted by molar-refractivity contribution is 6.33. The SMILES string of the molecule is CCOC(=O)CN(CC(=O)OCC)Cc1c2oc3c(CN(CC(=O)OCC)CC(=O)OCC)c(O)c(Cl)cc3c(-c3ccc(N)c(N)c3C(=O)O)c-2cc(Cl)c1=O. The van der Waals surface area contributed by atoms with Gasteiger partial charge in [-0.2, -0.15) is 0 Å². The molecule has 0 bridgehead atoms. The third kappa shape index (κ3) is 10.2. The van der Waals surface area contributed by atoms with Gasteiger partial charge in [-0.25, -0.2) is 4.79 Å². The van der Waals surface area contributed by atoms with E-state index in [0.29, 0.717) is 0 Å². The summed E-state index contributed by atoms with van der Waals surface area (Å²) in [4.78, 5) is 80.2. The number of aromatic carboxylic acids is 1. The predicted molar refractivity (Wildman–Crippen MR) is 209 cm³/mol. The number of rotatable bonds is 18. The van der Waals surface area contributed by atoms with Gasteiger partial charge in [0, 0.05) is 29.6 Å². The Labute approximate surface area is 336 Å². The summed E-state index contributed by atoms with van der Waals surface area (Å²) in [5.41, 5.74) is 10.3. The van der Waals surface area contributed by atoms with Crippen LogP contribution in [0.3, 0.4) is 0 Å². The summed E-state index contributed by atoms with van der Waals surface area (Å²) in [6.45, 7) is 3.77. The van der Waals surface area contributed by atoms with Gasteiger partial charge < -0.3 is 45.0 Å². The molecule has 0 unspecified atom stereocenters. The van der Waals surface area contributed by atoms with Crippen LogP contribution in [0.25, 0.3) is 33.4 Å². The lowest BCUT2D eigenvalue weighted by Gasteiger charge is -2.26. The minimum Gasteiger partial charge on any atom is -0.506 e. The van der Waals surface area contributed by atoms with E-state index in [9.17, 15) is 39.0 Å². The molecule has 57 heavy (non-hydrogen) atoms. The average molecular weight is 834 g/mol. The molecule has 0 aromatic heterocycles. The molecular formula is C38H42Cl2N4O13. The zero-order valence-corrected chi connectivity index (χ0v) is 33.1. The van der Waals surface area contributed by atoms with Crippen molar-refractivity contribution in [3.63, 3.8) is 0 Å². The number of carbonyl (C=O) groups is 5. The summed E-state index contributed by atoms with van der Waals surface area (Å²) in [7, 11) is 0. The normalized spacial score (nSPS) is 11.3. The van der Waals surface area contributed by atoms with Crippen LogP contribution in [-0.2, 0) is 51.2 Å². The number of carboxylic acid groups (broad SMARTS) is 1. The maximum absolute atomic E-state index is 14.0. The van der Waals surface area contributed by atoms with Crippen molar-refractivity contribution in [1.82, 2.24) is 9.80 Å². The van der Waals surface area contributed by atoms with Crippen LogP contribution in [-0.4, -0.2) is 102 Å². The highest BCUT2D eigenvalue weighted by Gasteiger charge is 2.32. The van der Waals surface area contributed by atoms with E-state index >= 15 is 0 Å². The standard InChI is InChI=1S/C38H42Cl2N4O13/c1-5-53-27(45)15-43(16-28(46)54-6-2)13-22-34(49)24(39)11-20-31(19-9-10-26(41)33(42)32(19)38(51)52)21-12-25(40)35(50)23(37(21)57-36(20)22)14-44(17-29(47)55-7-3)18-30(48)56-8-4/h9-12,49H,5-8,13-18,41-42H2,1-4H3,(H,51,52). The van der Waals surface area contributed by atoms with Gasteiger partial charge in [-0.1, -0.05) is 29.3 Å². The van der Waals surface area contributed by atoms with Crippen molar-refractivity contribution in [2.45, 2.75) is 40.8 Å². The van der Waals surface area contributed by atoms with Crippen molar-refractivity contribution in [2.75, 3.05) is 64.1 Å². The summed E-state index contributed by atoms with van der Waals surface area (Å²) < 4.78 is 26.9. The Balaban J connectivity index is 2.16. The molecule has 2 aromatic carbocycles. The molecule has 6 N–H and O–H groups in total. The molecule has 0 spiro atoms. The molecule has 0 radical (unpaired) electrons. The van der Waals surface area contributed by atoms with Crippen molar-refractivity contribution in [1.29, 1.82) is 0 Å². The monoisotopic (exact) mass is 832 g/mol. The Morgan fingerprint density at radius 1 is 0.719 bits per heavy atom. The van der Waals surface area contributed by atoms with Crippen molar-refractivity contribution in [3.05, 3.63) is 61.2 Å². The average Bonchev–Trinajstić information content (AvgIpc) is 3.13. The molecule has 17 nitrogen and oxygen atoms in total. The Bertz CT molecular complexity index is 2190. The lowest BCUT2D eigenvalue weighted by Crippen LogP contribution is -2.37. The second kappa shape index (κ2) is 19.5. The molecule has 1 aliphatic heterocycles. The highest BCUT2D eigenvalue weighted by atomic mass is 35.5. The molecule has 1 heterocycles. The lowest BCUT2D eigenvalue weighted by atomic mass is 9.87. The first-order valence-electron chi connectivity index (χ1n) is 17.7. The second-order valence-corrected chi connectivity index (χ2v) is 13.2. The minimum atomic E-state index is -1.47. The zero-order valence-electron chi connectivity index (χ0n) is 31.6. The Morgan fingerprint density at radius 2 is 1.19 bits per heavy atom. The predicted octanol–water partition coefficient (Wildman–Crippen LogP) is 4.30. The van der Waals surface area contributed by atoms with Crippen LogP contribution in [0.15, 0.2) is 33.5 Å². The number of carbonyl (C=O) groups excluding carboxylic acids is 4. The lowest BCUT2D eigenvalue weighted by molar-refractivity contribution is -0.150. The fourth-order valence-electron chi connectivity index (χ4n) is 6.19. The number of hydrogen-bond acceptors (Lipinski definition) is 16. The number of phenolic OH excluding ortho intramolecular Hbond substituents is 1. The van der Waals surface area contributed by atoms with Crippen LogP contribution in [0.2, 0.25) is 10.0 Å². The summed E-state index contributed by atoms with van der Waals surface area (Å²) in [5, 5.41) is 21.4. The first-order valence-corrected chi connectivity index (χ1v) is 18.4. The van der Waals surface area contributed by atoms with Crippen LogP contribution >= 0.6 is 23.2 Å². The first-order chi connectivity index (χ1) is 27.1. The van der Waals surface area contributed by atoms with Crippen molar-refractivity contribution >= 4 is 75.4 Å². The van der Waals surface area contributed by atoms with E-state index in [1.165, 1.54) is 34.1 Å². The molecule has 4 rings (SSSR count). The molecule has 0 saturated carbocycles. The number of hydrogen-bond donors (Lipinski definition) is 4. The number of esters is 4. The van der Waals surface area contributed by atoms with Gasteiger partial charge in [-0.15, -0.1) is 0 Å². The highest BCUT2D eigenvalue weighted by Crippen LogP contribution is 2.48. The zero-order chi connectivity index (χ0) is 42.1. The molecule has 0 saturated heterocycles. The maximum Gasteiger partial charge on any atom is 0.338 e. The van der Waals surface area contributed by atoms with Crippen LogP contribution in [0, 0.1) is 0 Å². The van der Waals surface area contributed by atoms with E-state index < -0.39 is 85.9 Å². The van der Waals surface area contributed by atoms with Gasteiger partial charge in [-0.3, -0.25) is 33.8 Å². The smallest absolute Gasteiger partial charge is 0.338 e. The summed E-state index contributed by atoms with van der Waals surface area (Å²) in [5.74, 6) is -5.10. The van der Waals surface area contributed by atoms with Crippen LogP contribution < -0.4 is 16.9 Å². The van der Waals surface area contributed by atoms with E-state index in [-0.39, 0.29) is 92.4 Å². The summed E-state index contributed by atoms with van der Waals surface area (Å²) in [6.07, 6.45) is 0. The van der Waals surface area contributed by atoms with Crippen LogP contribution in [0.5, 0.6) is 5.75 Å². The summed E-state index contributed by atoms with van der Waals surface area (Å²) >= 11 is 13.2. The van der Waals surface area contributed by atoms with Crippen molar-refractivity contribution in [2.24, 2.45) is 0 Å². The number of nitrogens with two attached hydrogens (primary N) is 2. The van der Waals surface area contributed by atoms with Crippen molar-refractivity contribution in [3.8, 4) is 28.2 Å². The molecule has 2 aromatic rings. The van der Waals surface area contributed by atoms with Gasteiger partial charge in [0.05, 0.1) is 90.7 Å². The molecule has 19 heteroatoms. The van der Waals surface area contributed by atoms with Crippen LogP contribution in [0.4, 0.5) is 11.4 Å². The molecule has 1 aliphatic carbocycles. The number of benzene rings is 3. The number of carboxylic acids is 1. The van der Waals surface area contributed by atoms with E-state index in [2.05, 4.69) is 0 Å². The van der Waals surface area contributed by atoms with Gasteiger partial charge >= 0.3 is 29.8 Å². The largest absolute Gasteiger partial charge is 0.506 e. The Kier molecular flexibility index (Phi) is 15.1. The first kappa shape index (κ1) is 44.1. The van der Waals surface area contributed by atoms with E-state index in [1.54, 1.807) is 27.7 Å². The Morgan fingerprint density at radius 3 is 1.65 bits per heavy atom. The number of fused-ring (bicyclic) bond motifs is 2. The topological polar surface area (TPSA) is 251 Å². The molecule has 0 fully saturated rings. The number of anilines is 2.